The molecule has 0 bridgehead atoms. The monoisotopic (exact) mass is 310 g/mol. The molecular weight excluding hydrogens is 295 g/mol. The third kappa shape index (κ3) is 2.76. The molecule has 2 aromatic heterocycles. The van der Waals surface area contributed by atoms with Gasteiger partial charge in [-0.3, -0.25) is 14.3 Å². The number of halogens is 1. The summed E-state index contributed by atoms with van der Waals surface area (Å²) in [4.78, 5) is 20.5. The summed E-state index contributed by atoms with van der Waals surface area (Å²) >= 11 is 0. The maximum absolute atomic E-state index is 14.0. The van der Waals surface area contributed by atoms with Crippen LogP contribution in [0.5, 0.6) is 0 Å². The number of aromatic nitrogens is 3. The van der Waals surface area contributed by atoms with Crippen molar-refractivity contribution in [3.05, 3.63) is 70.8 Å². The maximum atomic E-state index is 14.0. The molecule has 1 aromatic carbocycles. The van der Waals surface area contributed by atoms with Gasteiger partial charge in [0.25, 0.3) is 11.6 Å². The Morgan fingerprint density at radius 2 is 1.91 bits per heavy atom. The summed E-state index contributed by atoms with van der Waals surface area (Å²) in [6.45, 7) is 0.355. The van der Waals surface area contributed by atoms with E-state index in [1.54, 1.807) is 30.6 Å². The summed E-state index contributed by atoms with van der Waals surface area (Å²) in [7, 11) is 1.36. The summed E-state index contributed by atoms with van der Waals surface area (Å²) in [6, 6.07) is 10.7. The molecule has 3 aromatic rings. The molecule has 6 heteroatoms. The highest BCUT2D eigenvalue weighted by Crippen LogP contribution is 2.28. The zero-order valence-corrected chi connectivity index (χ0v) is 12.5. The van der Waals surface area contributed by atoms with Crippen LogP contribution in [0.2, 0.25) is 0 Å². The molecule has 3 rings (SSSR count). The summed E-state index contributed by atoms with van der Waals surface area (Å²) < 4.78 is 14.9. The molecule has 5 nitrogen and oxygen atoms in total. The van der Waals surface area contributed by atoms with E-state index < -0.39 is 11.6 Å². The van der Waals surface area contributed by atoms with Crippen molar-refractivity contribution in [3.8, 4) is 22.4 Å². The molecule has 0 saturated heterocycles. The molecule has 0 amide bonds. The van der Waals surface area contributed by atoms with Gasteiger partial charge in [-0.05, 0) is 29.3 Å². The Hall–Kier alpha value is -2.86. The lowest BCUT2D eigenvalue weighted by molar-refractivity contribution is 0.477. The lowest BCUT2D eigenvalue weighted by atomic mass is 9.99. The molecule has 2 heterocycles. The molecule has 0 radical (unpaired) electrons. The van der Waals surface area contributed by atoms with Crippen molar-refractivity contribution in [1.29, 1.82) is 0 Å². The van der Waals surface area contributed by atoms with Crippen molar-refractivity contribution in [2.75, 3.05) is 0 Å². The van der Waals surface area contributed by atoms with E-state index in [1.807, 2.05) is 18.2 Å². The van der Waals surface area contributed by atoms with Gasteiger partial charge in [0, 0.05) is 31.5 Å². The van der Waals surface area contributed by atoms with Crippen molar-refractivity contribution in [2.24, 2.45) is 12.8 Å². The molecule has 116 valence electrons. The van der Waals surface area contributed by atoms with E-state index in [-0.39, 0.29) is 0 Å². The molecule has 2 N–H and O–H groups in total. The third-order valence-electron chi connectivity index (χ3n) is 3.64. The van der Waals surface area contributed by atoms with Crippen molar-refractivity contribution >= 4 is 0 Å². The molecule has 23 heavy (non-hydrogen) atoms. The van der Waals surface area contributed by atoms with Crippen LogP contribution < -0.4 is 11.3 Å². The molecular formula is C17H15FN4O. The second-order valence-corrected chi connectivity index (χ2v) is 5.11. The van der Waals surface area contributed by atoms with Crippen LogP contribution >= 0.6 is 0 Å². The number of rotatable bonds is 3. The van der Waals surface area contributed by atoms with Crippen molar-refractivity contribution in [1.82, 2.24) is 14.5 Å². The molecule has 0 atom stereocenters. The SMILES string of the molecule is Cn1c(F)nc(-c2ccncc2)c(-c2cccc(CN)c2)c1=O. The minimum atomic E-state index is -0.833. The predicted molar refractivity (Wildman–Crippen MR) is 86.0 cm³/mol. The standard InChI is InChI=1S/C17H15FN4O/c1-22-16(23)14(13-4-2-3-11(9-13)10-19)15(21-17(22)18)12-5-7-20-8-6-12/h2-9H,10,19H2,1H3. The van der Waals surface area contributed by atoms with Gasteiger partial charge in [-0.2, -0.15) is 4.39 Å². The first-order valence-electron chi connectivity index (χ1n) is 7.08. The van der Waals surface area contributed by atoms with E-state index in [0.29, 0.717) is 28.9 Å². The van der Waals surface area contributed by atoms with Crippen LogP contribution in [0.25, 0.3) is 22.4 Å². The van der Waals surface area contributed by atoms with Crippen molar-refractivity contribution in [3.63, 3.8) is 0 Å². The minimum absolute atomic E-state index is 0.294. The van der Waals surface area contributed by atoms with E-state index in [1.165, 1.54) is 7.05 Å². The van der Waals surface area contributed by atoms with Crippen LogP contribution in [-0.4, -0.2) is 14.5 Å². The summed E-state index contributed by atoms with van der Waals surface area (Å²) in [5.41, 5.74) is 8.03. The van der Waals surface area contributed by atoms with E-state index >= 15 is 0 Å². The van der Waals surface area contributed by atoms with Gasteiger partial charge in [0.15, 0.2) is 0 Å². The molecule has 0 aliphatic carbocycles. The predicted octanol–water partition coefficient (Wildman–Crippen LogP) is 2.11. The molecule has 0 aliphatic heterocycles. The van der Waals surface area contributed by atoms with Crippen LogP contribution in [0.1, 0.15) is 5.56 Å². The lowest BCUT2D eigenvalue weighted by Gasteiger charge is -2.12. The fraction of sp³-hybridized carbons (Fsp3) is 0.118. The van der Waals surface area contributed by atoms with Gasteiger partial charge in [-0.15, -0.1) is 0 Å². The average Bonchev–Trinajstić information content (AvgIpc) is 2.60. The number of hydrogen-bond acceptors (Lipinski definition) is 4. The van der Waals surface area contributed by atoms with E-state index in [9.17, 15) is 9.18 Å². The molecule has 0 unspecified atom stereocenters. The molecule has 0 fully saturated rings. The molecule has 0 saturated carbocycles. The highest BCUT2D eigenvalue weighted by Gasteiger charge is 2.18. The second-order valence-electron chi connectivity index (χ2n) is 5.11. The van der Waals surface area contributed by atoms with E-state index in [0.717, 1.165) is 10.1 Å². The topological polar surface area (TPSA) is 73.8 Å². The average molecular weight is 310 g/mol. The van der Waals surface area contributed by atoms with Gasteiger partial charge in [0.2, 0.25) is 0 Å². The fourth-order valence-electron chi connectivity index (χ4n) is 2.41. The van der Waals surface area contributed by atoms with Crippen molar-refractivity contribution in [2.45, 2.75) is 6.54 Å². The van der Waals surface area contributed by atoms with Crippen LogP contribution in [0.4, 0.5) is 4.39 Å². The largest absolute Gasteiger partial charge is 0.326 e. The lowest BCUT2D eigenvalue weighted by Crippen LogP contribution is -2.24. The first kappa shape index (κ1) is 15.1. The number of pyridine rings is 1. The molecule has 0 aliphatic rings. The van der Waals surface area contributed by atoms with E-state index in [4.69, 9.17) is 5.73 Å². The number of nitrogens with zero attached hydrogens (tertiary/aromatic N) is 3. The fourth-order valence-corrected chi connectivity index (χ4v) is 2.41. The zero-order valence-electron chi connectivity index (χ0n) is 12.5. The summed E-state index contributed by atoms with van der Waals surface area (Å²) in [6.07, 6.45) is 2.32. The first-order chi connectivity index (χ1) is 11.1. The zero-order chi connectivity index (χ0) is 16.4. The van der Waals surface area contributed by atoms with Gasteiger partial charge in [-0.1, -0.05) is 18.2 Å². The third-order valence-corrected chi connectivity index (χ3v) is 3.64. The van der Waals surface area contributed by atoms with Gasteiger partial charge in [-0.25, -0.2) is 4.98 Å². The normalized spacial score (nSPS) is 10.7. The van der Waals surface area contributed by atoms with Gasteiger partial charge < -0.3 is 5.73 Å². The van der Waals surface area contributed by atoms with Crippen LogP contribution in [0, 0.1) is 6.08 Å². The Morgan fingerprint density at radius 3 is 2.61 bits per heavy atom. The molecule has 0 spiro atoms. The number of hydrogen-bond donors (Lipinski definition) is 1. The summed E-state index contributed by atoms with van der Waals surface area (Å²) in [5, 5.41) is 0. The Morgan fingerprint density at radius 1 is 1.17 bits per heavy atom. The van der Waals surface area contributed by atoms with E-state index in [2.05, 4.69) is 9.97 Å². The number of nitrogens with two attached hydrogens (primary N) is 1. The first-order valence-corrected chi connectivity index (χ1v) is 7.08. The van der Waals surface area contributed by atoms with Crippen LogP contribution in [-0.2, 0) is 13.6 Å². The quantitative estimate of drug-likeness (QED) is 0.752. The minimum Gasteiger partial charge on any atom is -0.326 e. The number of benzene rings is 1. The smallest absolute Gasteiger partial charge is 0.292 e. The van der Waals surface area contributed by atoms with Crippen LogP contribution in [0.15, 0.2) is 53.6 Å². The maximum Gasteiger partial charge on any atom is 0.292 e. The highest BCUT2D eigenvalue weighted by molar-refractivity contribution is 5.80. The van der Waals surface area contributed by atoms with Gasteiger partial charge in [0.1, 0.15) is 0 Å². The Kier molecular flexibility index (Phi) is 3.99. The van der Waals surface area contributed by atoms with Gasteiger partial charge in [0.05, 0.1) is 11.3 Å². The summed E-state index contributed by atoms with van der Waals surface area (Å²) in [5.74, 6) is 0. The Bertz CT molecular complexity index is 906. The highest BCUT2D eigenvalue weighted by atomic mass is 19.1. The Labute approximate surface area is 132 Å². The Balaban J connectivity index is 2.34. The second kappa shape index (κ2) is 6.10. The van der Waals surface area contributed by atoms with Crippen molar-refractivity contribution < 1.29 is 4.39 Å². The van der Waals surface area contributed by atoms with Crippen LogP contribution in [0.3, 0.4) is 0 Å². The van der Waals surface area contributed by atoms with Gasteiger partial charge >= 0.3 is 0 Å².